The number of nitrogens with one attached hydrogen (secondary N) is 1. The largest absolute Gasteiger partial charge is 0.466 e. The Morgan fingerprint density at radius 2 is 2.06 bits per heavy atom. The molecule has 0 amide bonds. The van der Waals surface area contributed by atoms with Gasteiger partial charge < -0.3 is 19.7 Å². The summed E-state index contributed by atoms with van der Waals surface area (Å²) in [6.45, 7) is 12.0. The number of para-hydroxylation sites is 1. The first kappa shape index (κ1) is 23.0. The Kier molecular flexibility index (Phi) is 7.01. The van der Waals surface area contributed by atoms with E-state index in [4.69, 9.17) is 14.5 Å². The lowest BCUT2D eigenvalue weighted by Gasteiger charge is -2.36. The Labute approximate surface area is 191 Å². The second kappa shape index (κ2) is 9.75. The van der Waals surface area contributed by atoms with Crippen LogP contribution in [-0.4, -0.2) is 48.9 Å². The lowest BCUT2D eigenvalue weighted by atomic mass is 9.93. The molecule has 1 aromatic heterocycles. The Hall–Kier alpha value is -2.18. The van der Waals surface area contributed by atoms with E-state index >= 15 is 0 Å². The fraction of sp³-hybridized carbons (Fsp3) is 0.615. The summed E-state index contributed by atoms with van der Waals surface area (Å²) in [5, 5.41) is 4.96. The molecule has 2 aliphatic rings. The number of pyridine rings is 1. The van der Waals surface area contributed by atoms with Gasteiger partial charge in [0.05, 0.1) is 23.6 Å². The standard InChI is InChI=1S/C26H37N3O3/c1-5-31-25(30)19-9-12-29(13-10-19)24-21(15-20-8-6-7-18(2)23(20)28-24)17-27-22-11-14-32-26(3,4)16-22/h6-8,15,19,22,27H,5,9-14,16-17H2,1-4H3. The monoisotopic (exact) mass is 439 g/mol. The van der Waals surface area contributed by atoms with Crippen molar-refractivity contribution in [2.75, 3.05) is 31.2 Å². The third kappa shape index (κ3) is 5.24. The van der Waals surface area contributed by atoms with Crippen LogP contribution in [0.5, 0.6) is 0 Å². The van der Waals surface area contributed by atoms with Crippen molar-refractivity contribution < 1.29 is 14.3 Å². The third-order valence-corrected chi connectivity index (χ3v) is 6.80. The number of carbonyl (C=O) groups is 1. The minimum absolute atomic E-state index is 0.000521. The van der Waals surface area contributed by atoms with Gasteiger partial charge in [0.15, 0.2) is 0 Å². The fourth-order valence-corrected chi connectivity index (χ4v) is 5.03. The van der Waals surface area contributed by atoms with E-state index in [1.165, 1.54) is 16.5 Å². The van der Waals surface area contributed by atoms with Gasteiger partial charge in [-0.05, 0) is 65.0 Å². The van der Waals surface area contributed by atoms with Gasteiger partial charge in [-0.3, -0.25) is 4.79 Å². The number of ether oxygens (including phenoxy) is 2. The number of fused-ring (bicyclic) bond motifs is 1. The van der Waals surface area contributed by atoms with Crippen molar-refractivity contribution in [1.82, 2.24) is 10.3 Å². The summed E-state index contributed by atoms with van der Waals surface area (Å²) in [6.07, 6.45) is 3.66. The highest BCUT2D eigenvalue weighted by Crippen LogP contribution is 2.30. The first-order chi connectivity index (χ1) is 15.4. The molecule has 0 spiro atoms. The van der Waals surface area contributed by atoms with Crippen LogP contribution in [0.2, 0.25) is 0 Å². The Balaban J connectivity index is 1.55. The molecule has 32 heavy (non-hydrogen) atoms. The van der Waals surface area contributed by atoms with Crippen LogP contribution in [0.1, 0.15) is 57.6 Å². The lowest BCUT2D eigenvalue weighted by molar-refractivity contribution is -0.148. The quantitative estimate of drug-likeness (QED) is 0.675. The maximum Gasteiger partial charge on any atom is 0.309 e. The number of aryl methyl sites for hydroxylation is 1. The average molecular weight is 440 g/mol. The van der Waals surface area contributed by atoms with Crippen molar-refractivity contribution >= 4 is 22.7 Å². The molecule has 2 aliphatic heterocycles. The van der Waals surface area contributed by atoms with Crippen LogP contribution < -0.4 is 10.2 Å². The van der Waals surface area contributed by atoms with E-state index in [9.17, 15) is 4.79 Å². The van der Waals surface area contributed by atoms with Crippen LogP contribution in [0, 0.1) is 12.8 Å². The summed E-state index contributed by atoms with van der Waals surface area (Å²) in [5.41, 5.74) is 3.40. The van der Waals surface area contributed by atoms with Crippen molar-refractivity contribution in [2.45, 2.75) is 71.6 Å². The molecule has 0 saturated carbocycles. The van der Waals surface area contributed by atoms with Crippen LogP contribution in [0.4, 0.5) is 5.82 Å². The molecule has 6 nitrogen and oxygen atoms in total. The molecule has 0 aliphatic carbocycles. The van der Waals surface area contributed by atoms with Gasteiger partial charge >= 0.3 is 5.97 Å². The van der Waals surface area contributed by atoms with Crippen LogP contribution in [0.15, 0.2) is 24.3 Å². The number of anilines is 1. The Morgan fingerprint density at radius 3 is 2.78 bits per heavy atom. The minimum atomic E-state index is -0.0769. The normalized spacial score (nSPS) is 21.6. The highest BCUT2D eigenvalue weighted by atomic mass is 16.5. The highest BCUT2D eigenvalue weighted by Gasteiger charge is 2.30. The molecule has 4 rings (SSSR count). The smallest absolute Gasteiger partial charge is 0.309 e. The molecule has 3 heterocycles. The number of hydrogen-bond donors (Lipinski definition) is 1. The molecular formula is C26H37N3O3. The van der Waals surface area contributed by atoms with Crippen molar-refractivity contribution in [3.05, 3.63) is 35.4 Å². The van der Waals surface area contributed by atoms with Crippen LogP contribution in [-0.2, 0) is 20.8 Å². The number of piperidine rings is 1. The fourth-order valence-electron chi connectivity index (χ4n) is 5.03. The number of aromatic nitrogens is 1. The van der Waals surface area contributed by atoms with E-state index in [2.05, 4.69) is 55.3 Å². The summed E-state index contributed by atoms with van der Waals surface area (Å²) in [5.74, 6) is 0.992. The van der Waals surface area contributed by atoms with Crippen LogP contribution >= 0.6 is 0 Å². The molecule has 1 atom stereocenters. The van der Waals surface area contributed by atoms with E-state index in [1.54, 1.807) is 0 Å². The minimum Gasteiger partial charge on any atom is -0.466 e. The zero-order valence-corrected chi connectivity index (χ0v) is 19.9. The number of carbonyl (C=O) groups excluding carboxylic acids is 1. The van der Waals surface area contributed by atoms with Gasteiger partial charge in [0, 0.05) is 43.2 Å². The topological polar surface area (TPSA) is 63.7 Å². The van der Waals surface area contributed by atoms with Crippen molar-refractivity contribution in [2.24, 2.45) is 5.92 Å². The van der Waals surface area contributed by atoms with Gasteiger partial charge in [-0.1, -0.05) is 18.2 Å². The molecule has 1 aromatic carbocycles. The van der Waals surface area contributed by atoms with E-state index in [0.29, 0.717) is 12.6 Å². The van der Waals surface area contributed by atoms with Gasteiger partial charge in [-0.25, -0.2) is 4.98 Å². The summed E-state index contributed by atoms with van der Waals surface area (Å²) >= 11 is 0. The molecule has 1 N–H and O–H groups in total. The summed E-state index contributed by atoms with van der Waals surface area (Å²) in [6, 6.07) is 9.09. The summed E-state index contributed by atoms with van der Waals surface area (Å²) in [4.78, 5) is 19.7. The summed E-state index contributed by atoms with van der Waals surface area (Å²) in [7, 11) is 0. The van der Waals surface area contributed by atoms with Crippen molar-refractivity contribution in [3.8, 4) is 0 Å². The molecule has 2 saturated heterocycles. The molecule has 174 valence electrons. The average Bonchev–Trinajstić information content (AvgIpc) is 2.77. The second-order valence-corrected chi connectivity index (χ2v) is 9.81. The first-order valence-electron chi connectivity index (χ1n) is 12.0. The first-order valence-corrected chi connectivity index (χ1v) is 12.0. The van der Waals surface area contributed by atoms with Gasteiger partial charge in [0.25, 0.3) is 0 Å². The molecule has 6 heteroatoms. The van der Waals surface area contributed by atoms with E-state index < -0.39 is 0 Å². The maximum absolute atomic E-state index is 12.2. The lowest BCUT2D eigenvalue weighted by Crippen LogP contribution is -2.43. The van der Waals surface area contributed by atoms with Crippen LogP contribution in [0.3, 0.4) is 0 Å². The van der Waals surface area contributed by atoms with Gasteiger partial charge in [0.2, 0.25) is 0 Å². The zero-order chi connectivity index (χ0) is 22.7. The van der Waals surface area contributed by atoms with E-state index in [1.807, 2.05) is 6.92 Å². The molecule has 2 aromatic rings. The van der Waals surface area contributed by atoms with Crippen molar-refractivity contribution in [1.29, 1.82) is 0 Å². The molecule has 2 fully saturated rings. The number of esters is 1. The number of nitrogens with zero attached hydrogens (tertiary/aromatic N) is 2. The Morgan fingerprint density at radius 1 is 1.28 bits per heavy atom. The molecular weight excluding hydrogens is 402 g/mol. The molecule has 0 radical (unpaired) electrons. The second-order valence-electron chi connectivity index (χ2n) is 9.81. The molecule has 1 unspecified atom stereocenters. The van der Waals surface area contributed by atoms with E-state index in [0.717, 1.165) is 63.3 Å². The van der Waals surface area contributed by atoms with Crippen LogP contribution in [0.25, 0.3) is 10.9 Å². The van der Waals surface area contributed by atoms with Gasteiger partial charge in [-0.2, -0.15) is 0 Å². The maximum atomic E-state index is 12.2. The summed E-state index contributed by atoms with van der Waals surface area (Å²) < 4.78 is 11.1. The highest BCUT2D eigenvalue weighted by molar-refractivity contribution is 5.84. The number of benzene rings is 1. The van der Waals surface area contributed by atoms with Gasteiger partial charge in [0.1, 0.15) is 5.82 Å². The number of hydrogen-bond acceptors (Lipinski definition) is 6. The predicted octanol–water partition coefficient (Wildman–Crippen LogP) is 4.37. The zero-order valence-electron chi connectivity index (χ0n) is 19.9. The third-order valence-electron chi connectivity index (χ3n) is 6.80. The van der Waals surface area contributed by atoms with E-state index in [-0.39, 0.29) is 17.5 Å². The van der Waals surface area contributed by atoms with Gasteiger partial charge in [-0.15, -0.1) is 0 Å². The SMILES string of the molecule is CCOC(=O)C1CCN(c2nc3c(C)cccc3cc2CNC2CCOC(C)(C)C2)CC1. The van der Waals surface area contributed by atoms with Crippen molar-refractivity contribution in [3.63, 3.8) is 0 Å². The predicted molar refractivity (Wildman–Crippen MR) is 128 cm³/mol. The Bertz CT molecular complexity index is 951. The molecule has 0 bridgehead atoms. The number of rotatable bonds is 6.